The van der Waals surface area contributed by atoms with Gasteiger partial charge in [-0.3, -0.25) is 0 Å². The highest BCUT2D eigenvalue weighted by molar-refractivity contribution is 5.48. The van der Waals surface area contributed by atoms with E-state index in [4.69, 9.17) is 5.11 Å². The van der Waals surface area contributed by atoms with Crippen LogP contribution in [0.25, 0.3) is 11.4 Å². The normalized spacial score (nSPS) is 10.6. The predicted molar refractivity (Wildman–Crippen MR) is 65.2 cm³/mol. The summed E-state index contributed by atoms with van der Waals surface area (Å²) >= 11 is 0. The van der Waals surface area contributed by atoms with Crippen LogP contribution in [-0.4, -0.2) is 5.11 Å². The van der Waals surface area contributed by atoms with Gasteiger partial charge in [-0.2, -0.15) is 9.46 Å². The third-order valence-electron chi connectivity index (χ3n) is 2.83. The number of pyridine rings is 2. The van der Waals surface area contributed by atoms with E-state index in [1.54, 1.807) is 38.1 Å². The molecule has 0 atom stereocenters. The first kappa shape index (κ1) is 12.3. The number of aryl methyl sites for hydroxylation is 2. The molecule has 5 heteroatoms. The van der Waals surface area contributed by atoms with E-state index in [-0.39, 0.29) is 18.0 Å². The van der Waals surface area contributed by atoms with E-state index in [1.807, 2.05) is 0 Å². The van der Waals surface area contributed by atoms with Gasteiger partial charge in [0.2, 0.25) is 0 Å². The van der Waals surface area contributed by atoms with Crippen molar-refractivity contribution in [2.45, 2.75) is 20.5 Å². The summed E-state index contributed by atoms with van der Waals surface area (Å²) in [7, 11) is 0. The van der Waals surface area contributed by atoms with Gasteiger partial charge in [0.1, 0.15) is 0 Å². The van der Waals surface area contributed by atoms with E-state index in [1.165, 1.54) is 6.07 Å². The molecule has 0 saturated heterocycles. The Bertz CT molecular complexity index is 597. The molecular weight excluding hydrogens is 232 g/mol. The lowest BCUT2D eigenvalue weighted by atomic mass is 10.1. The summed E-state index contributed by atoms with van der Waals surface area (Å²) in [6.07, 6.45) is 0. The highest BCUT2D eigenvalue weighted by Gasteiger charge is 2.21. The van der Waals surface area contributed by atoms with Gasteiger partial charge >= 0.3 is 0 Å². The van der Waals surface area contributed by atoms with Gasteiger partial charge in [0.05, 0.1) is 6.61 Å². The molecule has 0 spiro atoms. The van der Waals surface area contributed by atoms with Crippen LogP contribution in [0.15, 0.2) is 30.3 Å². The summed E-state index contributed by atoms with van der Waals surface area (Å²) in [5.41, 5.74) is 2.09. The number of aromatic nitrogens is 2. The Hall–Kier alpha value is -2.14. The Morgan fingerprint density at radius 3 is 2.33 bits per heavy atom. The molecule has 18 heavy (non-hydrogen) atoms. The molecule has 0 radical (unpaired) electrons. The van der Waals surface area contributed by atoms with Gasteiger partial charge in [0, 0.05) is 38.1 Å². The van der Waals surface area contributed by atoms with Crippen molar-refractivity contribution in [2.24, 2.45) is 0 Å². The molecule has 0 amide bonds. The van der Waals surface area contributed by atoms with Gasteiger partial charge < -0.3 is 15.5 Å². The Labute approximate surface area is 105 Å². The predicted octanol–water partition coefficient (Wildman–Crippen LogP) is 0.730. The molecule has 0 saturated carbocycles. The maximum Gasteiger partial charge on any atom is 0.290 e. The fourth-order valence-electron chi connectivity index (χ4n) is 1.86. The first-order valence-corrected chi connectivity index (χ1v) is 5.58. The Morgan fingerprint density at radius 2 is 1.67 bits per heavy atom. The zero-order valence-corrected chi connectivity index (χ0v) is 10.3. The molecule has 0 aliphatic carbocycles. The van der Waals surface area contributed by atoms with Gasteiger partial charge in [-0.1, -0.05) is 0 Å². The maximum absolute atomic E-state index is 12.0. The number of nitrogens with zero attached hydrogens (tertiary/aromatic N) is 2. The van der Waals surface area contributed by atoms with E-state index in [2.05, 4.69) is 0 Å². The molecular formula is C13H14N2O3. The Balaban J connectivity index is 2.70. The molecule has 1 N–H and O–H groups in total. The largest absolute Gasteiger partial charge is 0.618 e. The fourth-order valence-corrected chi connectivity index (χ4v) is 1.86. The van der Waals surface area contributed by atoms with Crippen molar-refractivity contribution < 1.29 is 14.6 Å². The van der Waals surface area contributed by atoms with Crippen molar-refractivity contribution in [1.82, 2.24) is 0 Å². The van der Waals surface area contributed by atoms with Crippen molar-refractivity contribution >= 4 is 0 Å². The third-order valence-corrected chi connectivity index (χ3v) is 2.83. The monoisotopic (exact) mass is 246 g/mol. The van der Waals surface area contributed by atoms with Crippen LogP contribution in [0.4, 0.5) is 0 Å². The molecule has 2 heterocycles. The highest BCUT2D eigenvalue weighted by Crippen LogP contribution is 2.14. The smallest absolute Gasteiger partial charge is 0.290 e. The van der Waals surface area contributed by atoms with Crippen molar-refractivity contribution in [3.63, 3.8) is 0 Å². The van der Waals surface area contributed by atoms with Crippen LogP contribution in [0.2, 0.25) is 0 Å². The molecule has 2 aromatic rings. The summed E-state index contributed by atoms with van der Waals surface area (Å²) in [6.45, 7) is 3.15. The Morgan fingerprint density at radius 1 is 1.00 bits per heavy atom. The van der Waals surface area contributed by atoms with Gasteiger partial charge in [-0.25, -0.2) is 0 Å². The topological polar surface area (TPSA) is 74.1 Å². The van der Waals surface area contributed by atoms with E-state index >= 15 is 0 Å². The van der Waals surface area contributed by atoms with Crippen LogP contribution >= 0.6 is 0 Å². The van der Waals surface area contributed by atoms with Gasteiger partial charge in [0.15, 0.2) is 11.4 Å². The van der Waals surface area contributed by atoms with Crippen LogP contribution in [0.5, 0.6) is 0 Å². The van der Waals surface area contributed by atoms with Crippen molar-refractivity contribution in [1.29, 1.82) is 0 Å². The molecule has 0 aliphatic heterocycles. The first-order valence-electron chi connectivity index (χ1n) is 5.58. The second-order valence-corrected chi connectivity index (χ2v) is 4.19. The van der Waals surface area contributed by atoms with Gasteiger partial charge in [-0.15, -0.1) is 0 Å². The summed E-state index contributed by atoms with van der Waals surface area (Å²) in [5.74, 6) is 0. The van der Waals surface area contributed by atoms with E-state index in [0.29, 0.717) is 26.4 Å². The number of hydrogen-bond donors (Lipinski definition) is 1. The van der Waals surface area contributed by atoms with Crippen LogP contribution in [-0.2, 0) is 6.61 Å². The van der Waals surface area contributed by atoms with Crippen molar-refractivity contribution in [3.05, 3.63) is 57.7 Å². The number of aliphatic hydroxyl groups is 1. The number of hydrogen-bond acceptors (Lipinski definition) is 3. The van der Waals surface area contributed by atoms with E-state index in [0.717, 1.165) is 0 Å². The summed E-state index contributed by atoms with van der Waals surface area (Å²) < 4.78 is 1.41. The minimum atomic E-state index is -0.167. The summed E-state index contributed by atoms with van der Waals surface area (Å²) in [4.78, 5) is 0. The van der Waals surface area contributed by atoms with Crippen molar-refractivity contribution in [2.75, 3.05) is 0 Å². The van der Waals surface area contributed by atoms with Gasteiger partial charge in [-0.05, 0) is 11.6 Å². The average Bonchev–Trinajstić information content (AvgIpc) is 2.36. The SMILES string of the molecule is Cc1cccc(-c2cc(CO)cc(C)[n+]2[O-])[n+]1[O-]. The van der Waals surface area contributed by atoms with Crippen molar-refractivity contribution in [3.8, 4) is 11.4 Å². The fraction of sp³-hybridized carbons (Fsp3) is 0.231. The molecule has 0 unspecified atom stereocenters. The molecule has 0 fully saturated rings. The van der Waals surface area contributed by atoms with Crippen LogP contribution in [0.3, 0.4) is 0 Å². The quantitative estimate of drug-likeness (QED) is 0.627. The van der Waals surface area contributed by atoms with Crippen LogP contribution < -0.4 is 9.46 Å². The number of rotatable bonds is 2. The lowest BCUT2D eigenvalue weighted by molar-refractivity contribution is -0.632. The summed E-state index contributed by atoms with van der Waals surface area (Å²) in [5, 5.41) is 33.1. The molecule has 2 rings (SSSR count). The molecule has 0 aromatic carbocycles. The average molecular weight is 246 g/mol. The maximum atomic E-state index is 12.0. The Kier molecular flexibility index (Phi) is 3.16. The zero-order valence-electron chi connectivity index (χ0n) is 10.3. The van der Waals surface area contributed by atoms with E-state index < -0.39 is 0 Å². The van der Waals surface area contributed by atoms with Gasteiger partial charge in [0.25, 0.3) is 11.4 Å². The third kappa shape index (κ3) is 2.00. The second-order valence-electron chi connectivity index (χ2n) is 4.19. The molecule has 2 aromatic heterocycles. The molecule has 0 bridgehead atoms. The molecule has 0 aliphatic rings. The van der Waals surface area contributed by atoms with Crippen LogP contribution in [0, 0.1) is 24.3 Å². The summed E-state index contributed by atoms with van der Waals surface area (Å²) in [6, 6.07) is 8.11. The second kappa shape index (κ2) is 4.62. The number of aliphatic hydroxyl groups excluding tert-OH is 1. The lowest BCUT2D eigenvalue weighted by Gasteiger charge is -2.10. The zero-order chi connectivity index (χ0) is 13.3. The minimum Gasteiger partial charge on any atom is -0.618 e. The lowest BCUT2D eigenvalue weighted by Crippen LogP contribution is -2.40. The highest BCUT2D eigenvalue weighted by atomic mass is 16.5. The molecule has 5 nitrogen and oxygen atoms in total. The van der Waals surface area contributed by atoms with Crippen LogP contribution in [0.1, 0.15) is 17.0 Å². The molecule has 94 valence electrons. The minimum absolute atomic E-state index is 0.167. The standard InChI is InChI=1S/C13H14N2O3/c1-9-4-3-5-12(14(9)17)13-7-11(8-16)6-10(2)15(13)18/h3-7,16H,8H2,1-2H3. The first-order chi connectivity index (χ1) is 8.54. The van der Waals surface area contributed by atoms with E-state index in [9.17, 15) is 10.4 Å².